The van der Waals surface area contributed by atoms with Gasteiger partial charge in [0, 0.05) is 10.8 Å². The van der Waals surface area contributed by atoms with E-state index in [1.165, 1.54) is 24.3 Å². The van der Waals surface area contributed by atoms with E-state index in [1.807, 2.05) is 0 Å². The highest BCUT2D eigenvalue weighted by atomic mass is 32.2. The summed E-state index contributed by atoms with van der Waals surface area (Å²) < 4.78 is 28.5. The van der Waals surface area contributed by atoms with Gasteiger partial charge in [0.25, 0.3) is 10.0 Å². The van der Waals surface area contributed by atoms with E-state index in [2.05, 4.69) is 14.7 Å². The molecule has 0 saturated heterocycles. The topological polar surface area (TPSA) is 152 Å². The van der Waals surface area contributed by atoms with Crippen molar-refractivity contribution >= 4 is 55.2 Å². The Morgan fingerprint density at radius 2 is 1.73 bits per heavy atom. The maximum atomic E-state index is 13.0. The van der Waals surface area contributed by atoms with Crippen LogP contribution in [0.25, 0.3) is 21.8 Å². The maximum absolute atomic E-state index is 13.0. The number of carboxylic acids is 1. The number of aromatic hydroxyl groups is 1. The zero-order chi connectivity index (χ0) is 21.5. The Labute approximate surface area is 173 Å². The number of carboxylic acid groups (broad SMARTS) is 1. The molecule has 0 atom stereocenters. The van der Waals surface area contributed by atoms with Crippen molar-refractivity contribution in [2.45, 2.75) is 9.79 Å². The Morgan fingerprint density at radius 3 is 2.47 bits per heavy atom. The number of hydrogen-bond donors (Lipinski definition) is 5. The third-order valence-electron chi connectivity index (χ3n) is 4.37. The lowest BCUT2D eigenvalue weighted by molar-refractivity contribution is -0.133. The minimum atomic E-state index is -4.04. The van der Waals surface area contributed by atoms with Crippen molar-refractivity contribution in [3.05, 3.63) is 59.0 Å². The summed E-state index contributed by atoms with van der Waals surface area (Å²) in [6.07, 6.45) is 0. The highest BCUT2D eigenvalue weighted by molar-refractivity contribution is 8.00. The van der Waals surface area contributed by atoms with Crippen molar-refractivity contribution in [2.24, 2.45) is 0 Å². The lowest BCUT2D eigenvalue weighted by atomic mass is 10.1. The standard InChI is InChI=1S/C19H15N3O6S2/c23-17(24)9-29-16-8-14(11-3-1-2-4-12(11)18(16)25)22-30(27,28)10-5-6-13-15(7-10)21-19(26)20-13/h1-8,22,25H,9H2,(H,23,24)(H2,20,21,26). The van der Waals surface area contributed by atoms with Crippen LogP contribution in [-0.4, -0.2) is 40.3 Å². The second kappa shape index (κ2) is 7.43. The molecule has 0 aliphatic heterocycles. The van der Waals surface area contributed by atoms with Gasteiger partial charge in [0.2, 0.25) is 0 Å². The molecule has 0 spiro atoms. The van der Waals surface area contributed by atoms with Crippen molar-refractivity contribution in [2.75, 3.05) is 10.5 Å². The molecule has 4 aromatic rings. The number of thioether (sulfide) groups is 1. The van der Waals surface area contributed by atoms with Crippen LogP contribution < -0.4 is 10.4 Å². The average Bonchev–Trinajstić information content (AvgIpc) is 3.08. The first-order valence-corrected chi connectivity index (χ1v) is 11.1. The molecule has 0 saturated carbocycles. The minimum Gasteiger partial charge on any atom is -0.506 e. The number of aromatic nitrogens is 2. The van der Waals surface area contributed by atoms with Crippen molar-refractivity contribution in [1.82, 2.24) is 9.97 Å². The number of imidazole rings is 1. The minimum absolute atomic E-state index is 0.0675. The molecule has 5 N–H and O–H groups in total. The summed E-state index contributed by atoms with van der Waals surface area (Å²) in [5.74, 6) is -1.48. The van der Waals surface area contributed by atoms with Crippen LogP contribution in [0, 0.1) is 0 Å². The summed E-state index contributed by atoms with van der Waals surface area (Å²) in [6, 6.07) is 12.2. The van der Waals surface area contributed by atoms with Gasteiger partial charge in [-0.1, -0.05) is 24.3 Å². The van der Waals surface area contributed by atoms with Crippen LogP contribution in [0.3, 0.4) is 0 Å². The second-order valence-electron chi connectivity index (χ2n) is 6.39. The summed E-state index contributed by atoms with van der Waals surface area (Å²) in [5.41, 5.74) is 0.564. The molecule has 11 heteroatoms. The van der Waals surface area contributed by atoms with Gasteiger partial charge in [0.15, 0.2) is 0 Å². The number of nitrogens with one attached hydrogen (secondary N) is 3. The average molecular weight is 445 g/mol. The van der Waals surface area contributed by atoms with Crippen molar-refractivity contribution in [3.63, 3.8) is 0 Å². The van der Waals surface area contributed by atoms with Crippen LogP contribution in [0.1, 0.15) is 0 Å². The van der Waals surface area contributed by atoms with E-state index in [4.69, 9.17) is 5.11 Å². The fourth-order valence-electron chi connectivity index (χ4n) is 3.05. The molecule has 1 aromatic heterocycles. The normalized spacial score (nSPS) is 11.7. The van der Waals surface area contributed by atoms with E-state index in [1.54, 1.807) is 24.3 Å². The van der Waals surface area contributed by atoms with Crippen LogP contribution in [-0.2, 0) is 14.8 Å². The molecule has 4 rings (SSSR count). The first kappa shape index (κ1) is 19.9. The van der Waals surface area contributed by atoms with Crippen molar-refractivity contribution in [3.8, 4) is 5.75 Å². The predicted molar refractivity (Wildman–Crippen MR) is 114 cm³/mol. The molecule has 3 aromatic carbocycles. The van der Waals surface area contributed by atoms with E-state index < -0.39 is 21.7 Å². The van der Waals surface area contributed by atoms with Gasteiger partial charge in [0.05, 0.1) is 32.3 Å². The second-order valence-corrected chi connectivity index (χ2v) is 9.09. The molecule has 0 radical (unpaired) electrons. The Kier molecular flexibility index (Phi) is 4.92. The van der Waals surface area contributed by atoms with Gasteiger partial charge in [0.1, 0.15) is 5.75 Å². The molecule has 154 valence electrons. The number of carbonyl (C=O) groups is 1. The smallest absolute Gasteiger partial charge is 0.323 e. The number of anilines is 1. The van der Waals surface area contributed by atoms with Crippen LogP contribution in [0.2, 0.25) is 0 Å². The first-order valence-electron chi connectivity index (χ1n) is 8.59. The fourth-order valence-corrected chi connectivity index (χ4v) is 4.87. The zero-order valence-corrected chi connectivity index (χ0v) is 16.8. The van der Waals surface area contributed by atoms with Crippen molar-refractivity contribution < 1.29 is 23.4 Å². The van der Waals surface area contributed by atoms with Gasteiger partial charge >= 0.3 is 11.7 Å². The number of benzene rings is 3. The summed E-state index contributed by atoms with van der Waals surface area (Å²) in [6.45, 7) is 0. The fraction of sp³-hybridized carbons (Fsp3) is 0.0526. The monoisotopic (exact) mass is 445 g/mol. The number of phenols is 1. The van der Waals surface area contributed by atoms with Crippen LogP contribution in [0.5, 0.6) is 5.75 Å². The van der Waals surface area contributed by atoms with Crippen LogP contribution in [0.15, 0.2) is 63.1 Å². The van der Waals surface area contributed by atoms with Gasteiger partial charge in [-0.2, -0.15) is 0 Å². The zero-order valence-electron chi connectivity index (χ0n) is 15.2. The molecule has 0 fully saturated rings. The molecule has 9 nitrogen and oxygen atoms in total. The number of H-pyrrole nitrogens is 2. The highest BCUT2D eigenvalue weighted by Crippen LogP contribution is 2.40. The Bertz CT molecular complexity index is 1460. The summed E-state index contributed by atoms with van der Waals surface area (Å²) >= 11 is 0.882. The Morgan fingerprint density at radius 1 is 1.03 bits per heavy atom. The molecule has 0 amide bonds. The quantitative estimate of drug-likeness (QED) is 0.226. The van der Waals surface area contributed by atoms with Crippen LogP contribution >= 0.6 is 11.8 Å². The molecule has 0 bridgehead atoms. The molecule has 1 heterocycles. The highest BCUT2D eigenvalue weighted by Gasteiger charge is 2.19. The van der Waals surface area contributed by atoms with E-state index in [0.717, 1.165) is 11.8 Å². The van der Waals surface area contributed by atoms with E-state index in [0.29, 0.717) is 21.8 Å². The van der Waals surface area contributed by atoms with E-state index in [9.17, 15) is 23.1 Å². The Balaban J connectivity index is 1.80. The van der Waals surface area contributed by atoms with E-state index >= 15 is 0 Å². The number of fused-ring (bicyclic) bond motifs is 2. The van der Waals surface area contributed by atoms with Gasteiger partial charge in [-0.3, -0.25) is 9.52 Å². The van der Waals surface area contributed by atoms with E-state index in [-0.39, 0.29) is 27.0 Å². The summed E-state index contributed by atoms with van der Waals surface area (Å²) in [7, 11) is -4.04. The van der Waals surface area contributed by atoms with Gasteiger partial charge in [-0.05, 0) is 24.3 Å². The molecule has 0 unspecified atom stereocenters. The van der Waals surface area contributed by atoms with Crippen LogP contribution in [0.4, 0.5) is 5.69 Å². The maximum Gasteiger partial charge on any atom is 0.323 e. The molecular weight excluding hydrogens is 430 g/mol. The first-order chi connectivity index (χ1) is 14.2. The lowest BCUT2D eigenvalue weighted by Crippen LogP contribution is -2.13. The molecule has 30 heavy (non-hydrogen) atoms. The lowest BCUT2D eigenvalue weighted by Gasteiger charge is -2.14. The van der Waals surface area contributed by atoms with Gasteiger partial charge in [-0.25, -0.2) is 13.2 Å². The van der Waals surface area contributed by atoms with Gasteiger partial charge in [-0.15, -0.1) is 11.8 Å². The largest absolute Gasteiger partial charge is 0.506 e. The number of sulfonamides is 1. The molecule has 0 aliphatic carbocycles. The number of aliphatic carboxylic acids is 1. The van der Waals surface area contributed by atoms with Crippen molar-refractivity contribution in [1.29, 1.82) is 0 Å². The predicted octanol–water partition coefficient (Wildman–Crippen LogP) is 2.69. The Hall–Kier alpha value is -3.44. The number of hydrogen-bond acceptors (Lipinski definition) is 6. The number of rotatable bonds is 6. The third-order valence-corrected chi connectivity index (χ3v) is 6.75. The third kappa shape index (κ3) is 3.72. The molecule has 0 aliphatic rings. The summed E-state index contributed by atoms with van der Waals surface area (Å²) in [4.78, 5) is 27.6. The molecular formula is C19H15N3O6S2. The number of aromatic amines is 2. The number of phenolic OH excluding ortho intramolecular Hbond substituents is 1. The van der Waals surface area contributed by atoms with Gasteiger partial charge < -0.3 is 20.2 Å². The summed E-state index contributed by atoms with van der Waals surface area (Å²) in [5, 5.41) is 20.3. The SMILES string of the molecule is O=C(O)CSc1cc(NS(=O)(=O)c2ccc3[nH]c(=O)[nH]c3c2)c2ccccc2c1O.